The van der Waals surface area contributed by atoms with Gasteiger partial charge < -0.3 is 0 Å². The van der Waals surface area contributed by atoms with Crippen LogP contribution in [0.1, 0.15) is 12.8 Å². The second kappa shape index (κ2) is 2.79. The number of hydrogen-bond donors (Lipinski definition) is 1. The van der Waals surface area contributed by atoms with Crippen LogP contribution in [0.5, 0.6) is 0 Å². The van der Waals surface area contributed by atoms with Crippen LogP contribution in [-0.4, -0.2) is 40.3 Å². The average molecular weight is 197 g/mol. The molecule has 14 heavy (non-hydrogen) atoms. The van der Waals surface area contributed by atoms with Gasteiger partial charge in [-0.3, -0.25) is 19.7 Å². The van der Waals surface area contributed by atoms with Gasteiger partial charge in [0.2, 0.25) is 17.7 Å². The lowest BCUT2D eigenvalue weighted by atomic mass is 10.4. The summed E-state index contributed by atoms with van der Waals surface area (Å²) in [5, 5.41) is 3.56. The Kier molecular flexibility index (Phi) is 1.73. The van der Waals surface area contributed by atoms with E-state index in [0.717, 1.165) is 10.0 Å². The smallest absolute Gasteiger partial charge is 0.275 e. The molecular formula is C7H7N3O4. The molecular weight excluding hydrogens is 190 g/mol. The third-order valence-electron chi connectivity index (χ3n) is 2.04. The first-order valence-electron chi connectivity index (χ1n) is 4.06. The van der Waals surface area contributed by atoms with Gasteiger partial charge in [-0.2, -0.15) is 5.01 Å². The van der Waals surface area contributed by atoms with Crippen molar-refractivity contribution in [3.63, 3.8) is 0 Å². The van der Waals surface area contributed by atoms with Gasteiger partial charge in [0, 0.05) is 12.8 Å². The van der Waals surface area contributed by atoms with Gasteiger partial charge in [0.05, 0.1) is 0 Å². The highest BCUT2D eigenvalue weighted by Crippen LogP contribution is 2.16. The predicted molar refractivity (Wildman–Crippen MR) is 41.3 cm³/mol. The van der Waals surface area contributed by atoms with Crippen molar-refractivity contribution in [2.24, 2.45) is 0 Å². The van der Waals surface area contributed by atoms with Gasteiger partial charge in [-0.15, -0.1) is 0 Å². The van der Waals surface area contributed by atoms with Crippen molar-refractivity contribution >= 4 is 23.8 Å². The average Bonchev–Trinajstić information content (AvgIpc) is 2.57. The van der Waals surface area contributed by atoms with Gasteiger partial charge in [-0.1, -0.05) is 0 Å². The number of hydrogen-bond acceptors (Lipinski definition) is 4. The van der Waals surface area contributed by atoms with Crippen molar-refractivity contribution < 1.29 is 19.2 Å². The summed E-state index contributed by atoms with van der Waals surface area (Å²) in [6, 6.07) is -0.724. The molecule has 2 fully saturated rings. The molecule has 2 aliphatic heterocycles. The van der Waals surface area contributed by atoms with Gasteiger partial charge >= 0.3 is 6.03 Å². The van der Waals surface area contributed by atoms with Crippen molar-refractivity contribution in [3.8, 4) is 0 Å². The fourth-order valence-electron chi connectivity index (χ4n) is 1.43. The van der Waals surface area contributed by atoms with Gasteiger partial charge in [-0.25, -0.2) is 9.80 Å². The molecule has 0 saturated carbocycles. The van der Waals surface area contributed by atoms with Crippen LogP contribution in [-0.2, 0) is 14.4 Å². The molecule has 0 spiro atoms. The second-order valence-electron chi connectivity index (χ2n) is 3.01. The van der Waals surface area contributed by atoms with Crippen molar-refractivity contribution in [2.45, 2.75) is 12.8 Å². The lowest BCUT2D eigenvalue weighted by Gasteiger charge is -2.22. The molecule has 7 heteroatoms. The Morgan fingerprint density at radius 1 is 1.00 bits per heavy atom. The first-order chi connectivity index (χ1) is 6.59. The van der Waals surface area contributed by atoms with Crippen LogP contribution >= 0.6 is 0 Å². The summed E-state index contributed by atoms with van der Waals surface area (Å²) in [5.41, 5.74) is 0. The van der Waals surface area contributed by atoms with E-state index in [1.165, 1.54) is 0 Å². The normalized spacial score (nSPS) is 22.3. The fraction of sp³-hybridized carbons (Fsp3) is 0.429. The van der Waals surface area contributed by atoms with Crippen LogP contribution < -0.4 is 5.32 Å². The highest BCUT2D eigenvalue weighted by Gasteiger charge is 2.41. The molecule has 1 N–H and O–H groups in total. The molecule has 2 saturated heterocycles. The zero-order valence-electron chi connectivity index (χ0n) is 7.15. The lowest BCUT2D eigenvalue weighted by molar-refractivity contribution is -0.151. The largest absolute Gasteiger partial charge is 0.343 e. The van der Waals surface area contributed by atoms with E-state index in [1.807, 2.05) is 5.32 Å². The predicted octanol–water partition coefficient (Wildman–Crippen LogP) is -1.40. The zero-order valence-corrected chi connectivity index (χ0v) is 7.15. The maximum atomic E-state index is 11.2. The number of rotatable bonds is 1. The number of urea groups is 1. The minimum atomic E-state index is -0.724. The minimum Gasteiger partial charge on any atom is -0.275 e. The topological polar surface area (TPSA) is 86.8 Å². The summed E-state index contributed by atoms with van der Waals surface area (Å²) in [7, 11) is 0. The molecule has 2 aliphatic rings. The molecule has 0 bridgehead atoms. The van der Waals surface area contributed by atoms with Crippen LogP contribution in [0.2, 0.25) is 0 Å². The Morgan fingerprint density at radius 2 is 1.57 bits per heavy atom. The molecule has 0 aromatic heterocycles. The van der Waals surface area contributed by atoms with E-state index in [9.17, 15) is 19.2 Å². The van der Waals surface area contributed by atoms with Crippen LogP contribution in [0.25, 0.3) is 0 Å². The first-order valence-corrected chi connectivity index (χ1v) is 4.06. The van der Waals surface area contributed by atoms with E-state index in [2.05, 4.69) is 0 Å². The molecule has 0 radical (unpaired) electrons. The van der Waals surface area contributed by atoms with Crippen molar-refractivity contribution in [3.05, 3.63) is 0 Å². The lowest BCUT2D eigenvalue weighted by Crippen LogP contribution is -2.47. The third kappa shape index (κ3) is 1.13. The van der Waals surface area contributed by atoms with Gasteiger partial charge in [0.25, 0.3) is 0 Å². The Balaban J connectivity index is 2.22. The maximum Gasteiger partial charge on any atom is 0.343 e. The minimum absolute atomic E-state index is 0.0941. The molecule has 0 unspecified atom stereocenters. The number of carbonyl (C=O) groups is 4. The summed E-state index contributed by atoms with van der Waals surface area (Å²) in [4.78, 5) is 44.3. The number of imide groups is 2. The molecule has 2 rings (SSSR count). The van der Waals surface area contributed by atoms with E-state index >= 15 is 0 Å². The summed E-state index contributed by atoms with van der Waals surface area (Å²) in [5.74, 6) is -1.40. The highest BCUT2D eigenvalue weighted by atomic mass is 16.2. The van der Waals surface area contributed by atoms with Crippen molar-refractivity contribution in [2.75, 3.05) is 6.54 Å². The summed E-state index contributed by atoms with van der Waals surface area (Å²) < 4.78 is 0. The van der Waals surface area contributed by atoms with E-state index in [4.69, 9.17) is 0 Å². The molecule has 2 heterocycles. The molecule has 7 nitrogen and oxygen atoms in total. The molecule has 0 aromatic carbocycles. The van der Waals surface area contributed by atoms with Gasteiger partial charge in [0.1, 0.15) is 6.54 Å². The second-order valence-corrected chi connectivity index (χ2v) is 3.01. The Labute approximate surface area is 78.6 Å². The molecule has 0 aromatic rings. The third-order valence-corrected chi connectivity index (χ3v) is 2.04. The Morgan fingerprint density at radius 3 is 2.00 bits per heavy atom. The number of amides is 5. The highest BCUT2D eigenvalue weighted by molar-refractivity contribution is 6.07. The van der Waals surface area contributed by atoms with E-state index in [0.29, 0.717) is 0 Å². The van der Waals surface area contributed by atoms with Crippen molar-refractivity contribution in [1.82, 2.24) is 15.3 Å². The maximum absolute atomic E-state index is 11.2. The van der Waals surface area contributed by atoms with Crippen LogP contribution in [0.3, 0.4) is 0 Å². The number of nitrogens with one attached hydrogen (secondary N) is 1. The first kappa shape index (κ1) is 8.67. The monoisotopic (exact) mass is 197 g/mol. The van der Waals surface area contributed by atoms with E-state index < -0.39 is 23.8 Å². The quantitative estimate of drug-likeness (QED) is 0.414. The van der Waals surface area contributed by atoms with Crippen LogP contribution in [0.4, 0.5) is 4.79 Å². The Bertz CT molecular complexity index is 335. The van der Waals surface area contributed by atoms with Gasteiger partial charge in [0.15, 0.2) is 0 Å². The molecule has 5 amide bonds. The summed E-state index contributed by atoms with van der Waals surface area (Å²) >= 11 is 0. The number of hydrazine groups is 1. The van der Waals surface area contributed by atoms with Crippen molar-refractivity contribution in [1.29, 1.82) is 0 Å². The van der Waals surface area contributed by atoms with E-state index in [1.54, 1.807) is 0 Å². The van der Waals surface area contributed by atoms with Gasteiger partial charge in [-0.05, 0) is 0 Å². The SMILES string of the molecule is O=C1CN(N2C(=O)CCC2=O)C(=O)N1. The molecule has 0 atom stereocenters. The zero-order chi connectivity index (χ0) is 10.3. The van der Waals surface area contributed by atoms with E-state index in [-0.39, 0.29) is 19.4 Å². The Hall–Kier alpha value is -1.92. The fourth-order valence-corrected chi connectivity index (χ4v) is 1.43. The molecule has 0 aliphatic carbocycles. The molecule has 74 valence electrons. The van der Waals surface area contributed by atoms with Crippen LogP contribution in [0, 0.1) is 0 Å². The number of carbonyl (C=O) groups excluding carboxylic acids is 4. The standard InChI is InChI=1S/C7H7N3O4/c11-4-3-9(7(14)8-4)10-5(12)1-2-6(10)13/h1-3H2,(H,8,11,14). The van der Waals surface area contributed by atoms with Crippen LogP contribution in [0.15, 0.2) is 0 Å². The summed E-state index contributed by atoms with van der Waals surface area (Å²) in [6.07, 6.45) is 0.188. The summed E-state index contributed by atoms with van der Waals surface area (Å²) in [6.45, 7) is -0.268. The number of nitrogens with zero attached hydrogens (tertiary/aromatic N) is 2.